The van der Waals surface area contributed by atoms with Crippen LogP contribution in [0.2, 0.25) is 0 Å². The maximum atomic E-state index is 12.4. The number of nitrogens with one attached hydrogen (secondary N) is 2. The Morgan fingerprint density at radius 3 is 2.73 bits per heavy atom. The lowest BCUT2D eigenvalue weighted by molar-refractivity contribution is -0.115. The van der Waals surface area contributed by atoms with Crippen molar-refractivity contribution in [3.8, 4) is 16.9 Å². The predicted octanol–water partition coefficient (Wildman–Crippen LogP) is 2.85. The second kappa shape index (κ2) is 7.92. The number of nitrogens with zero attached hydrogens (tertiary/aromatic N) is 2. The minimum atomic E-state index is -0.909. The largest absolute Gasteiger partial charge is 0.410 e. The van der Waals surface area contributed by atoms with E-state index in [0.29, 0.717) is 17.2 Å². The molecule has 0 spiro atoms. The van der Waals surface area contributed by atoms with Gasteiger partial charge in [-0.15, -0.1) is 0 Å². The number of aromatic nitrogens is 3. The third kappa shape index (κ3) is 4.20. The summed E-state index contributed by atoms with van der Waals surface area (Å²) in [5, 5.41) is 10.5. The Hall–Kier alpha value is -4.40. The van der Waals surface area contributed by atoms with Crippen LogP contribution >= 0.6 is 0 Å². The highest BCUT2D eigenvalue weighted by atomic mass is 16.5. The second-order valence-corrected chi connectivity index (χ2v) is 6.59. The molecule has 150 valence electrons. The van der Waals surface area contributed by atoms with Gasteiger partial charge < -0.3 is 21.5 Å². The van der Waals surface area contributed by atoms with Gasteiger partial charge in [0.25, 0.3) is 0 Å². The summed E-state index contributed by atoms with van der Waals surface area (Å²) in [4.78, 5) is 27.5. The number of pyridine rings is 1. The second-order valence-electron chi connectivity index (χ2n) is 6.59. The molecule has 0 saturated heterocycles. The molecule has 9 nitrogen and oxygen atoms in total. The van der Waals surface area contributed by atoms with E-state index in [0.717, 1.165) is 22.0 Å². The molecule has 0 aliphatic rings. The van der Waals surface area contributed by atoms with Crippen molar-refractivity contribution in [2.24, 2.45) is 5.73 Å². The first kappa shape index (κ1) is 18.9. The van der Waals surface area contributed by atoms with Crippen LogP contribution in [0.5, 0.6) is 5.75 Å². The fraction of sp³-hybridized carbons (Fsp3) is 0.0476. The molecule has 0 aliphatic carbocycles. The molecule has 0 radical (unpaired) electrons. The Balaban J connectivity index is 1.49. The molecule has 4 aromatic rings. The lowest BCUT2D eigenvalue weighted by atomic mass is 10.0. The number of fused-ring (bicyclic) bond motifs is 1. The highest BCUT2D eigenvalue weighted by Crippen LogP contribution is 2.27. The van der Waals surface area contributed by atoms with Crippen LogP contribution < -0.4 is 21.5 Å². The number of amides is 2. The Bertz CT molecular complexity index is 1250. The third-order valence-electron chi connectivity index (χ3n) is 4.43. The monoisotopic (exact) mass is 402 g/mol. The summed E-state index contributed by atoms with van der Waals surface area (Å²) >= 11 is 0. The van der Waals surface area contributed by atoms with Crippen LogP contribution in [0.1, 0.15) is 5.56 Å². The van der Waals surface area contributed by atoms with E-state index in [-0.39, 0.29) is 18.1 Å². The minimum absolute atomic E-state index is 0.0827. The van der Waals surface area contributed by atoms with Gasteiger partial charge in [-0.05, 0) is 53.1 Å². The molecule has 30 heavy (non-hydrogen) atoms. The smallest absolute Gasteiger partial charge is 0.409 e. The fourth-order valence-electron chi connectivity index (χ4n) is 3.10. The number of nitrogen functional groups attached to an aromatic ring is 1. The number of hydrogen-bond donors (Lipinski definition) is 4. The van der Waals surface area contributed by atoms with E-state index < -0.39 is 6.09 Å². The minimum Gasteiger partial charge on any atom is -0.410 e. The molecular weight excluding hydrogens is 384 g/mol. The topological polar surface area (TPSA) is 149 Å². The van der Waals surface area contributed by atoms with Gasteiger partial charge >= 0.3 is 6.09 Å². The van der Waals surface area contributed by atoms with Gasteiger partial charge in [0.05, 0.1) is 11.9 Å². The third-order valence-corrected chi connectivity index (χ3v) is 4.43. The number of H-pyrrole nitrogens is 1. The van der Waals surface area contributed by atoms with Crippen LogP contribution in [0.25, 0.3) is 22.0 Å². The molecule has 0 aliphatic heterocycles. The van der Waals surface area contributed by atoms with E-state index in [4.69, 9.17) is 16.2 Å². The molecule has 2 amide bonds. The summed E-state index contributed by atoms with van der Waals surface area (Å²) in [6, 6.07) is 16.0. The number of hydrogen-bond acceptors (Lipinski definition) is 6. The molecule has 0 saturated carbocycles. The van der Waals surface area contributed by atoms with E-state index in [1.54, 1.807) is 36.5 Å². The van der Waals surface area contributed by atoms with E-state index >= 15 is 0 Å². The number of nitrogens with two attached hydrogens (primary N) is 2. The van der Waals surface area contributed by atoms with E-state index in [1.807, 2.05) is 24.3 Å². The quantitative estimate of drug-likeness (QED) is 0.403. The van der Waals surface area contributed by atoms with Crippen LogP contribution in [0, 0.1) is 0 Å². The summed E-state index contributed by atoms with van der Waals surface area (Å²) in [5.74, 6) is 0.867. The van der Waals surface area contributed by atoms with Gasteiger partial charge in [0.15, 0.2) is 5.82 Å². The number of carbonyl (C=O) groups excluding carboxylic acids is 2. The van der Waals surface area contributed by atoms with E-state index in [2.05, 4.69) is 20.5 Å². The summed E-state index contributed by atoms with van der Waals surface area (Å²) in [7, 11) is 0. The lowest BCUT2D eigenvalue weighted by Crippen LogP contribution is -2.17. The maximum Gasteiger partial charge on any atom is 0.409 e. The number of ether oxygens (including phenoxy) is 1. The molecule has 2 aromatic heterocycles. The molecule has 0 bridgehead atoms. The number of primary amides is 1. The molecule has 0 fully saturated rings. The van der Waals surface area contributed by atoms with Gasteiger partial charge in [-0.3, -0.25) is 9.89 Å². The van der Waals surface area contributed by atoms with Crippen LogP contribution in [-0.2, 0) is 11.2 Å². The summed E-state index contributed by atoms with van der Waals surface area (Å²) in [5.41, 5.74) is 14.2. The Kier molecular flexibility index (Phi) is 5.00. The van der Waals surface area contributed by atoms with Crippen molar-refractivity contribution in [2.45, 2.75) is 6.42 Å². The van der Waals surface area contributed by atoms with Crippen molar-refractivity contribution in [3.63, 3.8) is 0 Å². The Labute approximate surface area is 171 Å². The normalized spacial score (nSPS) is 10.7. The van der Waals surface area contributed by atoms with Crippen molar-refractivity contribution in [3.05, 3.63) is 66.4 Å². The van der Waals surface area contributed by atoms with Crippen LogP contribution in [0.3, 0.4) is 0 Å². The average molecular weight is 402 g/mol. The lowest BCUT2D eigenvalue weighted by Gasteiger charge is -2.08. The van der Waals surface area contributed by atoms with Crippen molar-refractivity contribution >= 4 is 34.5 Å². The zero-order valence-corrected chi connectivity index (χ0v) is 15.8. The maximum absolute atomic E-state index is 12.4. The first-order valence-corrected chi connectivity index (χ1v) is 9.04. The molecule has 4 rings (SSSR count). The number of carbonyl (C=O) groups is 2. The number of benzene rings is 2. The van der Waals surface area contributed by atoms with E-state index in [9.17, 15) is 9.59 Å². The van der Waals surface area contributed by atoms with Crippen molar-refractivity contribution in [1.82, 2.24) is 15.2 Å². The standard InChI is InChI=1S/C21H18N6O3/c22-20-16-10-13(4-5-17(16)26-27-20)14-6-7-24-18(11-14)25-19(28)9-12-2-1-3-15(8-12)30-21(23)29/h1-8,10-11H,9H2,(H2,23,29)(H3,22,26,27)(H,24,25,28). The molecule has 2 heterocycles. The summed E-state index contributed by atoms with van der Waals surface area (Å²) < 4.78 is 4.83. The van der Waals surface area contributed by atoms with Gasteiger partial charge in [-0.1, -0.05) is 18.2 Å². The predicted molar refractivity (Wildman–Crippen MR) is 113 cm³/mol. The van der Waals surface area contributed by atoms with Gasteiger partial charge in [-0.2, -0.15) is 5.10 Å². The number of aromatic amines is 1. The molecule has 9 heteroatoms. The van der Waals surface area contributed by atoms with Crippen LogP contribution in [-0.4, -0.2) is 27.2 Å². The molecule has 6 N–H and O–H groups in total. The summed E-state index contributed by atoms with van der Waals surface area (Å²) in [6.45, 7) is 0. The van der Waals surface area contributed by atoms with Gasteiger partial charge in [0.2, 0.25) is 5.91 Å². The van der Waals surface area contributed by atoms with Gasteiger partial charge in [0, 0.05) is 11.6 Å². The van der Waals surface area contributed by atoms with Gasteiger partial charge in [-0.25, -0.2) is 9.78 Å². The number of anilines is 2. The highest BCUT2D eigenvalue weighted by Gasteiger charge is 2.09. The summed E-state index contributed by atoms with van der Waals surface area (Å²) in [6.07, 6.45) is 0.794. The van der Waals surface area contributed by atoms with Crippen molar-refractivity contribution in [1.29, 1.82) is 0 Å². The van der Waals surface area contributed by atoms with Gasteiger partial charge in [0.1, 0.15) is 11.6 Å². The molecule has 0 atom stereocenters. The SMILES string of the molecule is NC(=O)Oc1cccc(CC(=O)Nc2cc(-c3ccc4[nH]nc(N)c4c3)ccn2)c1. The molecule has 0 unspecified atom stereocenters. The number of rotatable bonds is 5. The zero-order chi connectivity index (χ0) is 21.1. The zero-order valence-electron chi connectivity index (χ0n) is 15.8. The van der Waals surface area contributed by atoms with E-state index in [1.165, 1.54) is 0 Å². The van der Waals surface area contributed by atoms with Crippen molar-refractivity contribution < 1.29 is 14.3 Å². The highest BCUT2D eigenvalue weighted by molar-refractivity contribution is 5.94. The molecular formula is C21H18N6O3. The van der Waals surface area contributed by atoms with Crippen LogP contribution in [0.15, 0.2) is 60.8 Å². The van der Waals surface area contributed by atoms with Crippen LogP contribution in [0.4, 0.5) is 16.4 Å². The average Bonchev–Trinajstić information content (AvgIpc) is 3.08. The first-order chi connectivity index (χ1) is 14.5. The van der Waals surface area contributed by atoms with Crippen molar-refractivity contribution in [2.75, 3.05) is 11.1 Å². The fourth-order valence-corrected chi connectivity index (χ4v) is 3.10. The first-order valence-electron chi connectivity index (χ1n) is 9.04. The Morgan fingerprint density at radius 2 is 1.90 bits per heavy atom. The Morgan fingerprint density at radius 1 is 1.07 bits per heavy atom. The molecule has 2 aromatic carbocycles.